The quantitative estimate of drug-likeness (QED) is 0.0595. The van der Waals surface area contributed by atoms with Crippen LogP contribution in [0.2, 0.25) is 0 Å². The smallest absolute Gasteiger partial charge is 0.326 e. The van der Waals surface area contributed by atoms with E-state index in [0.29, 0.717) is 16.6 Å². The van der Waals surface area contributed by atoms with E-state index in [1.165, 1.54) is 16.7 Å². The summed E-state index contributed by atoms with van der Waals surface area (Å²) in [6, 6.07) is 17.1. The molecule has 0 fully saturated rings. The highest BCUT2D eigenvalue weighted by Crippen LogP contribution is 2.27. The summed E-state index contributed by atoms with van der Waals surface area (Å²) >= 11 is 0. The summed E-state index contributed by atoms with van der Waals surface area (Å²) in [4.78, 5) is 54.5. The number of fused-ring (bicyclic) bond motifs is 2. The van der Waals surface area contributed by atoms with Gasteiger partial charge in [0.05, 0.1) is 6.54 Å². The Labute approximate surface area is 263 Å². The predicted molar refractivity (Wildman–Crippen MR) is 170 cm³/mol. The minimum Gasteiger partial charge on any atom is -0.508 e. The van der Waals surface area contributed by atoms with Crippen molar-refractivity contribution in [2.45, 2.75) is 37.9 Å². The number of carboxylic acid groups (broad SMARTS) is 1. The molecule has 9 N–H and O–H groups in total. The number of hydrogen-bond donors (Lipinski definition) is 7. The van der Waals surface area contributed by atoms with Gasteiger partial charge in [0.1, 0.15) is 36.1 Å². The van der Waals surface area contributed by atoms with Crippen molar-refractivity contribution in [2.24, 2.45) is 16.5 Å². The maximum Gasteiger partial charge on any atom is 0.326 e. The van der Waals surface area contributed by atoms with E-state index < -0.39 is 42.3 Å². The van der Waals surface area contributed by atoms with Crippen LogP contribution in [0.5, 0.6) is 5.75 Å². The van der Waals surface area contributed by atoms with Gasteiger partial charge in [-0.2, -0.15) is 5.26 Å². The van der Waals surface area contributed by atoms with Gasteiger partial charge in [-0.25, -0.2) is 4.79 Å². The van der Waals surface area contributed by atoms with E-state index in [4.69, 9.17) is 11.5 Å². The van der Waals surface area contributed by atoms with Crippen molar-refractivity contribution in [1.82, 2.24) is 20.5 Å². The maximum atomic E-state index is 13.2. The second-order valence-corrected chi connectivity index (χ2v) is 10.6. The minimum absolute atomic E-state index is 0.00614. The van der Waals surface area contributed by atoms with E-state index >= 15 is 0 Å². The number of nitrogens with zero attached hydrogens (tertiary/aromatic N) is 3. The first kappa shape index (κ1) is 32.8. The van der Waals surface area contributed by atoms with Crippen LogP contribution < -0.4 is 27.4 Å². The van der Waals surface area contributed by atoms with Crippen LogP contribution in [0, 0.1) is 11.3 Å². The number of carbonyl (C=O) groups is 4. The Morgan fingerprint density at radius 2 is 1.63 bits per heavy atom. The molecule has 0 bridgehead atoms. The molecule has 0 saturated carbocycles. The molecule has 238 valence electrons. The van der Waals surface area contributed by atoms with Crippen molar-refractivity contribution >= 4 is 51.2 Å². The summed E-state index contributed by atoms with van der Waals surface area (Å²) in [6.07, 6.45) is 1.98. The summed E-state index contributed by atoms with van der Waals surface area (Å²) in [6.45, 7) is -0.536. The average Bonchev–Trinajstić information content (AvgIpc) is 3.35. The lowest BCUT2D eigenvalue weighted by atomic mass is 10.0. The van der Waals surface area contributed by atoms with Gasteiger partial charge in [-0.1, -0.05) is 36.4 Å². The number of amides is 3. The summed E-state index contributed by atoms with van der Waals surface area (Å²) in [5.41, 5.74) is 11.5. The third kappa shape index (κ3) is 8.73. The van der Waals surface area contributed by atoms with Gasteiger partial charge in [-0.05, 0) is 53.4 Å². The zero-order chi connectivity index (χ0) is 33.2. The molecule has 46 heavy (non-hydrogen) atoms. The topological polar surface area (TPSA) is 238 Å². The fourth-order valence-corrected chi connectivity index (χ4v) is 4.95. The molecule has 3 amide bonds. The zero-order valence-corrected chi connectivity index (χ0v) is 24.8. The number of phenolic OH excluding ortho intramolecular Hbond substituents is 1. The normalized spacial score (nSPS) is 12.1. The summed E-state index contributed by atoms with van der Waals surface area (Å²) in [5, 5.41) is 40.0. The monoisotopic (exact) mass is 626 g/mol. The molecule has 0 aliphatic rings. The molecule has 14 heteroatoms. The molecule has 14 nitrogen and oxygen atoms in total. The fraction of sp³-hybridized carbons (Fsp3) is 0.250. The Kier molecular flexibility index (Phi) is 10.7. The number of benzene rings is 3. The van der Waals surface area contributed by atoms with Crippen LogP contribution in [0.4, 0.5) is 0 Å². The lowest BCUT2D eigenvalue weighted by Gasteiger charge is -2.22. The molecule has 1 heterocycles. The molecule has 0 unspecified atom stereocenters. The molecule has 4 aromatic rings. The van der Waals surface area contributed by atoms with Crippen molar-refractivity contribution in [1.29, 1.82) is 5.26 Å². The highest BCUT2D eigenvalue weighted by Gasteiger charge is 2.27. The van der Waals surface area contributed by atoms with Gasteiger partial charge in [0.2, 0.25) is 17.7 Å². The molecule has 0 aliphatic carbocycles. The largest absolute Gasteiger partial charge is 0.508 e. The molecule has 0 spiro atoms. The minimum atomic E-state index is -1.28. The van der Waals surface area contributed by atoms with Crippen LogP contribution in [0.25, 0.3) is 21.5 Å². The van der Waals surface area contributed by atoms with E-state index in [-0.39, 0.29) is 44.1 Å². The van der Waals surface area contributed by atoms with Crippen LogP contribution in [-0.4, -0.2) is 69.6 Å². The first-order chi connectivity index (χ1) is 22.0. The summed E-state index contributed by atoms with van der Waals surface area (Å²) in [7, 11) is 0. The van der Waals surface area contributed by atoms with Crippen LogP contribution in [-0.2, 0) is 32.1 Å². The van der Waals surface area contributed by atoms with Crippen molar-refractivity contribution in [3.63, 3.8) is 0 Å². The van der Waals surface area contributed by atoms with Gasteiger partial charge in [-0.3, -0.25) is 19.4 Å². The molecule has 1 aromatic heterocycles. The Bertz CT molecular complexity index is 1820. The Morgan fingerprint density at radius 3 is 2.28 bits per heavy atom. The molecule has 0 aliphatic heterocycles. The molecule has 4 rings (SSSR count). The number of hydrogen-bond acceptors (Lipinski definition) is 7. The predicted octanol–water partition coefficient (Wildman–Crippen LogP) is 0.838. The number of phenols is 1. The Balaban J connectivity index is 1.41. The van der Waals surface area contributed by atoms with E-state index in [0.717, 1.165) is 16.2 Å². The number of guanidine groups is 1. The highest BCUT2D eigenvalue weighted by atomic mass is 16.4. The van der Waals surface area contributed by atoms with Gasteiger partial charge in [0.25, 0.3) is 0 Å². The number of nitrogens with two attached hydrogens (primary N) is 2. The second kappa shape index (κ2) is 15.1. The lowest BCUT2D eigenvalue weighted by molar-refractivity contribution is -0.142. The molecule has 3 aromatic carbocycles. The Morgan fingerprint density at radius 1 is 0.935 bits per heavy atom. The number of carbonyl (C=O) groups excluding carboxylic acids is 3. The number of nitrogens with one attached hydrogen (secondary N) is 3. The van der Waals surface area contributed by atoms with Crippen molar-refractivity contribution in [3.8, 4) is 11.8 Å². The van der Waals surface area contributed by atoms with E-state index in [1.807, 2.05) is 36.4 Å². The number of carboxylic acids is 1. The van der Waals surface area contributed by atoms with Crippen LogP contribution in [0.15, 0.2) is 71.9 Å². The summed E-state index contributed by atoms with van der Waals surface area (Å²) < 4.78 is 1.51. The highest BCUT2D eigenvalue weighted by molar-refractivity contribution is 6.01. The molecular formula is C32H34N8O6. The number of aliphatic carboxylic acids is 1. The SMILES string of the molecule is N#Cc1c2cc3ccccc3cc2cn1CC(=O)NCC(=O)N[C@@H](Cc1ccc(O)cc1)C(=O)N[C@@H](CCCN=C(N)N)C(=O)O. The number of aromatic nitrogens is 1. The number of aliphatic imine (C=N–C) groups is 1. The molecule has 0 saturated heterocycles. The number of rotatable bonds is 14. The van der Waals surface area contributed by atoms with Gasteiger partial charge >= 0.3 is 5.97 Å². The third-order valence-electron chi connectivity index (χ3n) is 7.21. The van der Waals surface area contributed by atoms with Crippen molar-refractivity contribution in [2.75, 3.05) is 13.1 Å². The number of nitriles is 1. The number of aromatic hydroxyl groups is 1. The second-order valence-electron chi connectivity index (χ2n) is 10.6. The fourth-order valence-electron chi connectivity index (χ4n) is 4.95. The van der Waals surface area contributed by atoms with Crippen LogP contribution >= 0.6 is 0 Å². The Hall–Kier alpha value is -6.10. The van der Waals surface area contributed by atoms with Gasteiger partial charge in [-0.15, -0.1) is 0 Å². The zero-order valence-electron chi connectivity index (χ0n) is 24.8. The maximum absolute atomic E-state index is 13.2. The van der Waals surface area contributed by atoms with E-state index in [2.05, 4.69) is 27.0 Å². The van der Waals surface area contributed by atoms with Crippen LogP contribution in [0.3, 0.4) is 0 Å². The van der Waals surface area contributed by atoms with Gasteiger partial charge in [0.15, 0.2) is 5.96 Å². The first-order valence-electron chi connectivity index (χ1n) is 14.4. The van der Waals surface area contributed by atoms with Crippen molar-refractivity contribution < 1.29 is 29.4 Å². The first-order valence-corrected chi connectivity index (χ1v) is 14.4. The average molecular weight is 627 g/mol. The van der Waals surface area contributed by atoms with E-state index in [9.17, 15) is 34.7 Å². The third-order valence-corrected chi connectivity index (χ3v) is 7.21. The van der Waals surface area contributed by atoms with E-state index in [1.54, 1.807) is 18.3 Å². The summed E-state index contributed by atoms with van der Waals surface area (Å²) in [5.74, 6) is -3.40. The lowest BCUT2D eigenvalue weighted by Crippen LogP contribution is -2.54. The van der Waals surface area contributed by atoms with Crippen LogP contribution in [0.1, 0.15) is 24.1 Å². The molecule has 0 radical (unpaired) electrons. The molecular weight excluding hydrogens is 592 g/mol. The standard InChI is InChI=1S/C32H34N8O6/c33-15-27-24-14-21-5-2-1-4-20(21)13-22(24)17-40(27)18-29(43)37-16-28(42)38-26(12-19-7-9-23(41)10-8-19)30(44)39-25(31(45)46)6-3-11-36-32(34)35/h1-2,4-5,7-10,13-14,17,25-26,41H,3,6,11-12,16,18H2,(H,37,43)(H,38,42)(H,39,44)(H,45,46)(H4,34,35,36)/t25-,26-/m0/s1. The van der Waals surface area contributed by atoms with Gasteiger partial charge in [0, 0.05) is 29.9 Å². The van der Waals surface area contributed by atoms with Gasteiger partial charge < -0.3 is 42.2 Å². The van der Waals surface area contributed by atoms with Crippen molar-refractivity contribution in [3.05, 3.63) is 78.1 Å². The molecule has 2 atom stereocenters.